The van der Waals surface area contributed by atoms with E-state index in [0.717, 1.165) is 11.1 Å². The lowest BCUT2D eigenvalue weighted by Crippen LogP contribution is -2.50. The highest BCUT2D eigenvalue weighted by Gasteiger charge is 2.33. The summed E-state index contributed by atoms with van der Waals surface area (Å²) in [5.74, 6) is -0.425. The molecule has 0 unspecified atom stereocenters. The smallest absolute Gasteiger partial charge is 0.222 e. The Hall–Kier alpha value is -2.32. The van der Waals surface area contributed by atoms with Gasteiger partial charge in [-0.25, -0.2) is 17.2 Å². The zero-order valence-electron chi connectivity index (χ0n) is 17.2. The van der Waals surface area contributed by atoms with E-state index < -0.39 is 9.84 Å². The number of benzene rings is 2. The largest absolute Gasteiger partial charge is 0.340 e. The maximum Gasteiger partial charge on any atom is 0.222 e. The van der Waals surface area contributed by atoms with E-state index in [4.69, 9.17) is 0 Å². The lowest BCUT2D eigenvalue weighted by atomic mass is 9.96. The molecule has 0 spiro atoms. The molecule has 0 N–H and O–H groups in total. The number of sulfone groups is 1. The van der Waals surface area contributed by atoms with Crippen LogP contribution in [0.5, 0.6) is 0 Å². The van der Waals surface area contributed by atoms with Crippen molar-refractivity contribution in [3.63, 3.8) is 0 Å². The fourth-order valence-corrected chi connectivity index (χ4v) is 6.40. The van der Waals surface area contributed by atoms with Gasteiger partial charge in [0, 0.05) is 32.6 Å². The molecule has 2 aliphatic heterocycles. The molecule has 1 amide bonds. The lowest BCUT2D eigenvalue weighted by molar-refractivity contribution is -0.134. The third kappa shape index (κ3) is 5.30. The summed E-state index contributed by atoms with van der Waals surface area (Å²) < 4.78 is 50.2. The third-order valence-electron chi connectivity index (χ3n) is 6.19. The fraction of sp³-hybridized carbons (Fsp3) is 0.435. The molecule has 4 rings (SSSR count). The summed E-state index contributed by atoms with van der Waals surface area (Å²) in [5, 5.41) is 0. The van der Waals surface area contributed by atoms with E-state index in [0.29, 0.717) is 32.6 Å². The maximum atomic E-state index is 13.5. The summed E-state index contributed by atoms with van der Waals surface area (Å²) in [6, 6.07) is 12.5. The molecule has 166 valence electrons. The standard InChI is InChI=1S/C23H26F2N2O3S/c24-20-5-1-18(2-6-20)23(19-3-7-21(25)8-4-19)27-12-10-26(11-13-27)22(28)15-17-9-14-31(29,30)16-17/h1-8,17,23H,9-16H2/t17-/m1/s1. The van der Waals surface area contributed by atoms with E-state index in [1.165, 1.54) is 24.3 Å². The average Bonchev–Trinajstić information content (AvgIpc) is 3.09. The Morgan fingerprint density at radius 3 is 1.87 bits per heavy atom. The van der Waals surface area contributed by atoms with Crippen LogP contribution in [0.1, 0.15) is 30.0 Å². The molecule has 0 aromatic heterocycles. The summed E-state index contributed by atoms with van der Waals surface area (Å²) in [7, 11) is -2.99. The molecular weight excluding hydrogens is 422 g/mol. The van der Waals surface area contributed by atoms with Gasteiger partial charge in [-0.05, 0) is 47.7 Å². The van der Waals surface area contributed by atoms with Crippen LogP contribution in [0, 0.1) is 17.6 Å². The van der Waals surface area contributed by atoms with Crippen molar-refractivity contribution in [2.75, 3.05) is 37.7 Å². The Bertz CT molecular complexity index is 972. The molecule has 5 nitrogen and oxygen atoms in total. The van der Waals surface area contributed by atoms with Gasteiger partial charge in [0.25, 0.3) is 0 Å². The second-order valence-corrected chi connectivity index (χ2v) is 10.6. The second-order valence-electron chi connectivity index (χ2n) is 8.40. The SMILES string of the molecule is O=C(C[C@H]1CCS(=O)(=O)C1)N1CCN(C(c2ccc(F)cc2)c2ccc(F)cc2)CC1. The molecule has 2 aromatic carbocycles. The Morgan fingerprint density at radius 1 is 0.903 bits per heavy atom. The monoisotopic (exact) mass is 448 g/mol. The molecule has 8 heteroatoms. The highest BCUT2D eigenvalue weighted by molar-refractivity contribution is 7.91. The molecule has 2 saturated heterocycles. The van der Waals surface area contributed by atoms with E-state index in [9.17, 15) is 22.0 Å². The van der Waals surface area contributed by atoms with Crippen molar-refractivity contribution < 1.29 is 22.0 Å². The average molecular weight is 449 g/mol. The van der Waals surface area contributed by atoms with Crippen molar-refractivity contribution in [1.29, 1.82) is 0 Å². The van der Waals surface area contributed by atoms with Crippen LogP contribution in [-0.2, 0) is 14.6 Å². The van der Waals surface area contributed by atoms with E-state index in [-0.39, 0.29) is 47.4 Å². The minimum Gasteiger partial charge on any atom is -0.340 e. The molecule has 2 aromatic rings. The quantitative estimate of drug-likeness (QED) is 0.706. The van der Waals surface area contributed by atoms with Crippen molar-refractivity contribution in [2.24, 2.45) is 5.92 Å². The highest BCUT2D eigenvalue weighted by atomic mass is 32.2. The van der Waals surface area contributed by atoms with Gasteiger partial charge in [0.2, 0.25) is 5.91 Å². The van der Waals surface area contributed by atoms with Crippen LogP contribution in [0.3, 0.4) is 0 Å². The second kappa shape index (κ2) is 9.04. The first kappa shape index (κ1) is 21.9. The zero-order valence-corrected chi connectivity index (χ0v) is 18.0. The summed E-state index contributed by atoms with van der Waals surface area (Å²) in [5.41, 5.74) is 1.81. The number of carbonyl (C=O) groups excluding carboxylic acids is 1. The van der Waals surface area contributed by atoms with Gasteiger partial charge in [0.15, 0.2) is 9.84 Å². The van der Waals surface area contributed by atoms with Crippen molar-refractivity contribution in [3.05, 3.63) is 71.3 Å². The molecule has 31 heavy (non-hydrogen) atoms. The predicted octanol–water partition coefficient (Wildman–Crippen LogP) is 3.02. The van der Waals surface area contributed by atoms with Crippen molar-refractivity contribution >= 4 is 15.7 Å². The van der Waals surface area contributed by atoms with Crippen LogP contribution >= 0.6 is 0 Å². The molecule has 0 aliphatic carbocycles. The van der Waals surface area contributed by atoms with E-state index >= 15 is 0 Å². The first-order valence-electron chi connectivity index (χ1n) is 10.5. The first-order valence-corrected chi connectivity index (χ1v) is 12.4. The van der Waals surface area contributed by atoms with Gasteiger partial charge in [-0.3, -0.25) is 9.69 Å². The first-order chi connectivity index (χ1) is 14.8. The van der Waals surface area contributed by atoms with Gasteiger partial charge in [-0.15, -0.1) is 0 Å². The maximum absolute atomic E-state index is 13.5. The van der Waals surface area contributed by atoms with Gasteiger partial charge in [0.1, 0.15) is 11.6 Å². The summed E-state index contributed by atoms with van der Waals surface area (Å²) in [4.78, 5) is 16.7. The van der Waals surface area contributed by atoms with E-state index in [1.807, 2.05) is 0 Å². The van der Waals surface area contributed by atoms with Crippen LogP contribution in [0.4, 0.5) is 8.78 Å². The molecule has 0 saturated carbocycles. The van der Waals surface area contributed by atoms with E-state index in [1.54, 1.807) is 29.2 Å². The topological polar surface area (TPSA) is 57.7 Å². The van der Waals surface area contributed by atoms with Crippen LogP contribution in [0.15, 0.2) is 48.5 Å². The van der Waals surface area contributed by atoms with Gasteiger partial charge in [-0.2, -0.15) is 0 Å². The van der Waals surface area contributed by atoms with Gasteiger partial charge in [-0.1, -0.05) is 24.3 Å². The molecule has 0 bridgehead atoms. The molecule has 2 heterocycles. The number of rotatable bonds is 5. The Morgan fingerprint density at radius 2 is 1.42 bits per heavy atom. The predicted molar refractivity (Wildman–Crippen MR) is 114 cm³/mol. The Labute approximate surface area is 181 Å². The normalized spacial score (nSPS) is 21.5. The summed E-state index contributed by atoms with van der Waals surface area (Å²) in [6.07, 6.45) is 0.837. The summed E-state index contributed by atoms with van der Waals surface area (Å²) >= 11 is 0. The minimum absolute atomic E-state index is 0.00173. The minimum atomic E-state index is -2.99. The number of nitrogens with zero attached hydrogens (tertiary/aromatic N) is 2. The number of amides is 1. The van der Waals surface area contributed by atoms with Gasteiger partial charge >= 0.3 is 0 Å². The Balaban J connectivity index is 1.44. The number of hydrogen-bond donors (Lipinski definition) is 0. The molecule has 2 fully saturated rings. The van der Waals surface area contributed by atoms with Crippen molar-refractivity contribution in [2.45, 2.75) is 18.9 Å². The number of piperazine rings is 1. The van der Waals surface area contributed by atoms with Crippen LogP contribution in [0.2, 0.25) is 0 Å². The highest BCUT2D eigenvalue weighted by Crippen LogP contribution is 2.30. The zero-order chi connectivity index (χ0) is 22.0. The van der Waals surface area contributed by atoms with E-state index in [2.05, 4.69) is 4.90 Å². The van der Waals surface area contributed by atoms with Crippen LogP contribution in [0.25, 0.3) is 0 Å². The number of halogens is 2. The molecule has 2 aliphatic rings. The Kier molecular flexibility index (Phi) is 6.39. The van der Waals surface area contributed by atoms with Crippen molar-refractivity contribution in [1.82, 2.24) is 9.80 Å². The molecule has 0 radical (unpaired) electrons. The molecular formula is C23H26F2N2O3S. The number of hydrogen-bond acceptors (Lipinski definition) is 4. The fourth-order valence-electron chi connectivity index (χ4n) is 4.54. The van der Waals surface area contributed by atoms with Crippen LogP contribution in [-0.4, -0.2) is 61.8 Å². The van der Waals surface area contributed by atoms with Crippen LogP contribution < -0.4 is 0 Å². The summed E-state index contributed by atoms with van der Waals surface area (Å²) in [6.45, 7) is 2.32. The van der Waals surface area contributed by atoms with Crippen molar-refractivity contribution in [3.8, 4) is 0 Å². The van der Waals surface area contributed by atoms with Gasteiger partial charge in [0.05, 0.1) is 17.5 Å². The third-order valence-corrected chi connectivity index (χ3v) is 8.03. The lowest BCUT2D eigenvalue weighted by Gasteiger charge is -2.40. The number of carbonyl (C=O) groups is 1. The molecule has 1 atom stereocenters. The van der Waals surface area contributed by atoms with Gasteiger partial charge < -0.3 is 4.90 Å².